The van der Waals surface area contributed by atoms with E-state index < -0.39 is 0 Å². The van der Waals surface area contributed by atoms with Crippen LogP contribution < -0.4 is 5.32 Å². The molecule has 0 aromatic rings. The third-order valence-electron chi connectivity index (χ3n) is 2.46. The van der Waals surface area contributed by atoms with E-state index in [2.05, 4.69) is 18.3 Å². The molecule has 1 N–H and O–H groups in total. The lowest BCUT2D eigenvalue weighted by Crippen LogP contribution is -2.17. The first-order chi connectivity index (χ1) is 7.24. The number of allylic oxidation sites excluding steroid dienone is 3. The van der Waals surface area contributed by atoms with Crippen LogP contribution in [0.25, 0.3) is 0 Å². The van der Waals surface area contributed by atoms with Crippen molar-refractivity contribution in [3.05, 3.63) is 23.5 Å². The first kappa shape index (κ1) is 11.8. The predicted molar refractivity (Wildman–Crippen MR) is 60.3 cm³/mol. The van der Waals surface area contributed by atoms with Crippen LogP contribution in [0.15, 0.2) is 23.5 Å². The standard InChI is InChI=1S/C12H19NO2/c1-10-6-3-4-7-11(10)15-9-5-8-12(14)13-2/h4,7H,3,5-6,8-9H2,1-2H3,(H,13,14). The highest BCUT2D eigenvalue weighted by molar-refractivity contribution is 5.75. The number of carbonyl (C=O) groups excluding carboxylic acids is 1. The minimum atomic E-state index is 0.0727. The number of hydrogen-bond acceptors (Lipinski definition) is 2. The SMILES string of the molecule is CNC(=O)CCCOC1=C(C)CCC=C1. The Morgan fingerprint density at radius 3 is 3.07 bits per heavy atom. The van der Waals surface area contributed by atoms with Gasteiger partial charge in [0.25, 0.3) is 0 Å². The fourth-order valence-corrected chi connectivity index (χ4v) is 1.47. The number of amides is 1. The molecule has 0 unspecified atom stereocenters. The Kier molecular flexibility index (Phi) is 4.95. The van der Waals surface area contributed by atoms with E-state index in [9.17, 15) is 4.79 Å². The smallest absolute Gasteiger partial charge is 0.219 e. The van der Waals surface area contributed by atoms with E-state index >= 15 is 0 Å². The molecule has 3 heteroatoms. The third kappa shape index (κ3) is 4.19. The lowest BCUT2D eigenvalue weighted by molar-refractivity contribution is -0.120. The Morgan fingerprint density at radius 2 is 2.40 bits per heavy atom. The Labute approximate surface area is 91.2 Å². The molecular weight excluding hydrogens is 190 g/mol. The van der Waals surface area contributed by atoms with Gasteiger partial charge in [-0.3, -0.25) is 4.79 Å². The average molecular weight is 209 g/mol. The van der Waals surface area contributed by atoms with E-state index in [-0.39, 0.29) is 5.91 Å². The largest absolute Gasteiger partial charge is 0.494 e. The normalized spacial score (nSPS) is 15.3. The quantitative estimate of drug-likeness (QED) is 0.705. The molecule has 84 valence electrons. The van der Waals surface area contributed by atoms with Gasteiger partial charge in [-0.05, 0) is 37.8 Å². The highest BCUT2D eigenvalue weighted by atomic mass is 16.5. The summed E-state index contributed by atoms with van der Waals surface area (Å²) in [6.45, 7) is 2.71. The third-order valence-corrected chi connectivity index (χ3v) is 2.46. The van der Waals surface area contributed by atoms with Crippen molar-refractivity contribution in [3.63, 3.8) is 0 Å². The highest BCUT2D eigenvalue weighted by Gasteiger charge is 2.05. The second-order valence-corrected chi connectivity index (χ2v) is 3.71. The summed E-state index contributed by atoms with van der Waals surface area (Å²) < 4.78 is 5.60. The zero-order valence-electron chi connectivity index (χ0n) is 9.51. The molecule has 1 aliphatic rings. The van der Waals surface area contributed by atoms with E-state index in [0.29, 0.717) is 13.0 Å². The van der Waals surface area contributed by atoms with Crippen molar-refractivity contribution in [3.8, 4) is 0 Å². The van der Waals surface area contributed by atoms with Crippen LogP contribution in [0.1, 0.15) is 32.6 Å². The van der Waals surface area contributed by atoms with Crippen molar-refractivity contribution in [1.82, 2.24) is 5.32 Å². The Balaban J connectivity index is 2.20. The zero-order valence-corrected chi connectivity index (χ0v) is 9.51. The van der Waals surface area contributed by atoms with Crippen molar-refractivity contribution in [2.45, 2.75) is 32.6 Å². The van der Waals surface area contributed by atoms with E-state index in [1.54, 1.807) is 7.05 Å². The van der Waals surface area contributed by atoms with Crippen LogP contribution in [0.4, 0.5) is 0 Å². The fraction of sp³-hybridized carbons (Fsp3) is 0.583. The van der Waals surface area contributed by atoms with Crippen molar-refractivity contribution >= 4 is 5.91 Å². The molecule has 1 aliphatic carbocycles. The summed E-state index contributed by atoms with van der Waals surface area (Å²) in [5.41, 5.74) is 1.30. The van der Waals surface area contributed by atoms with Crippen LogP contribution >= 0.6 is 0 Å². The summed E-state index contributed by atoms with van der Waals surface area (Å²) in [4.78, 5) is 10.9. The van der Waals surface area contributed by atoms with Crippen molar-refractivity contribution < 1.29 is 9.53 Å². The van der Waals surface area contributed by atoms with Crippen LogP contribution in [0.2, 0.25) is 0 Å². The van der Waals surface area contributed by atoms with Gasteiger partial charge in [0.1, 0.15) is 5.76 Å². The molecule has 0 heterocycles. The molecule has 15 heavy (non-hydrogen) atoms. The summed E-state index contributed by atoms with van der Waals surface area (Å²) in [5, 5.41) is 2.59. The highest BCUT2D eigenvalue weighted by Crippen LogP contribution is 2.19. The molecule has 0 bridgehead atoms. The van der Waals surface area contributed by atoms with Crippen LogP contribution in [0.3, 0.4) is 0 Å². The molecule has 0 radical (unpaired) electrons. The molecule has 0 saturated heterocycles. The molecule has 0 aromatic carbocycles. The Bertz CT molecular complexity index is 279. The topological polar surface area (TPSA) is 38.3 Å². The van der Waals surface area contributed by atoms with Gasteiger partial charge in [-0.25, -0.2) is 0 Å². The number of carbonyl (C=O) groups is 1. The van der Waals surface area contributed by atoms with Gasteiger partial charge in [0.15, 0.2) is 0 Å². The fourth-order valence-electron chi connectivity index (χ4n) is 1.47. The first-order valence-electron chi connectivity index (χ1n) is 5.43. The molecule has 0 atom stereocenters. The van der Waals surface area contributed by atoms with Gasteiger partial charge in [-0.15, -0.1) is 0 Å². The van der Waals surface area contributed by atoms with Gasteiger partial charge in [0.2, 0.25) is 5.91 Å². The molecule has 1 amide bonds. The maximum atomic E-state index is 10.9. The number of rotatable bonds is 5. The number of ether oxygens (including phenoxy) is 1. The minimum absolute atomic E-state index is 0.0727. The van der Waals surface area contributed by atoms with Gasteiger partial charge < -0.3 is 10.1 Å². The van der Waals surface area contributed by atoms with Crippen LogP contribution in [0, 0.1) is 0 Å². The van der Waals surface area contributed by atoms with Gasteiger partial charge in [0, 0.05) is 13.5 Å². The predicted octanol–water partition coefficient (Wildman–Crippen LogP) is 2.15. The molecule has 0 fully saturated rings. The van der Waals surface area contributed by atoms with Crippen LogP contribution in [-0.4, -0.2) is 19.6 Å². The van der Waals surface area contributed by atoms with E-state index in [0.717, 1.165) is 25.0 Å². The summed E-state index contributed by atoms with van der Waals surface area (Å²) >= 11 is 0. The van der Waals surface area contributed by atoms with Gasteiger partial charge in [-0.2, -0.15) is 0 Å². The maximum Gasteiger partial charge on any atom is 0.219 e. The van der Waals surface area contributed by atoms with E-state index in [4.69, 9.17) is 4.74 Å². The molecule has 1 rings (SSSR count). The molecule has 0 saturated carbocycles. The van der Waals surface area contributed by atoms with Crippen LogP contribution in [0.5, 0.6) is 0 Å². The van der Waals surface area contributed by atoms with Gasteiger partial charge in [0.05, 0.1) is 6.61 Å². The molecule has 0 aliphatic heterocycles. The number of hydrogen-bond donors (Lipinski definition) is 1. The maximum absolute atomic E-state index is 10.9. The summed E-state index contributed by atoms with van der Waals surface area (Å²) in [6.07, 6.45) is 7.65. The second-order valence-electron chi connectivity index (χ2n) is 3.71. The monoisotopic (exact) mass is 209 g/mol. The van der Waals surface area contributed by atoms with Gasteiger partial charge >= 0.3 is 0 Å². The van der Waals surface area contributed by atoms with Crippen molar-refractivity contribution in [2.75, 3.05) is 13.7 Å². The second kappa shape index (κ2) is 6.27. The van der Waals surface area contributed by atoms with E-state index in [1.807, 2.05) is 6.08 Å². The van der Waals surface area contributed by atoms with Crippen molar-refractivity contribution in [1.29, 1.82) is 0 Å². The molecular formula is C12H19NO2. The van der Waals surface area contributed by atoms with E-state index in [1.165, 1.54) is 5.57 Å². The first-order valence-corrected chi connectivity index (χ1v) is 5.43. The molecule has 0 spiro atoms. The average Bonchev–Trinajstić information content (AvgIpc) is 2.26. The summed E-state index contributed by atoms with van der Waals surface area (Å²) in [5.74, 6) is 1.06. The molecule has 0 aromatic heterocycles. The Morgan fingerprint density at radius 1 is 1.60 bits per heavy atom. The van der Waals surface area contributed by atoms with Crippen LogP contribution in [-0.2, 0) is 9.53 Å². The Hall–Kier alpha value is -1.25. The number of nitrogens with one attached hydrogen (secondary N) is 1. The van der Waals surface area contributed by atoms with Crippen molar-refractivity contribution in [2.24, 2.45) is 0 Å². The zero-order chi connectivity index (χ0) is 11.1. The summed E-state index contributed by atoms with van der Waals surface area (Å²) in [7, 11) is 1.65. The molecule has 3 nitrogen and oxygen atoms in total. The minimum Gasteiger partial charge on any atom is -0.494 e. The summed E-state index contributed by atoms with van der Waals surface area (Å²) in [6, 6.07) is 0. The lowest BCUT2D eigenvalue weighted by atomic mass is 10.1. The lowest BCUT2D eigenvalue weighted by Gasteiger charge is -2.13. The van der Waals surface area contributed by atoms with Gasteiger partial charge in [-0.1, -0.05) is 6.08 Å².